The van der Waals surface area contributed by atoms with Crippen LogP contribution in [0.15, 0.2) is 24.3 Å². The van der Waals surface area contributed by atoms with Gasteiger partial charge in [-0.15, -0.1) is 0 Å². The Hall–Kier alpha value is -1.56. The highest BCUT2D eigenvalue weighted by Gasteiger charge is 2.59. The number of ether oxygens (including phenoxy) is 3. The van der Waals surface area contributed by atoms with E-state index in [9.17, 15) is 5.11 Å². The third kappa shape index (κ3) is 1.44. The Balaban J connectivity index is 1.75. The number of fused-ring (bicyclic) bond motifs is 2. The Morgan fingerprint density at radius 1 is 1.32 bits per heavy atom. The first kappa shape index (κ1) is 12.9. The van der Waals surface area contributed by atoms with E-state index >= 15 is 0 Å². The van der Waals surface area contributed by atoms with Gasteiger partial charge in [0.1, 0.15) is 0 Å². The molecule has 1 saturated heterocycles. The molecule has 0 aromatic heterocycles. The van der Waals surface area contributed by atoms with E-state index in [-0.39, 0.29) is 23.7 Å². The summed E-state index contributed by atoms with van der Waals surface area (Å²) in [5.41, 5.74) is 2.36. The third-order valence-corrected chi connectivity index (χ3v) is 5.71. The molecule has 2 bridgehead atoms. The molecule has 0 amide bonds. The van der Waals surface area contributed by atoms with Crippen molar-refractivity contribution in [3.8, 4) is 11.5 Å². The average molecular weight is 301 g/mol. The average Bonchev–Trinajstić information content (AvgIpc) is 3.06. The number of benzene rings is 1. The molecule has 5 atom stereocenters. The van der Waals surface area contributed by atoms with Gasteiger partial charge in [0.2, 0.25) is 6.79 Å². The predicted octanol–water partition coefficient (Wildman–Crippen LogP) is 1.19. The van der Waals surface area contributed by atoms with Crippen LogP contribution in [0.5, 0.6) is 11.5 Å². The van der Waals surface area contributed by atoms with Crippen molar-refractivity contribution in [1.29, 1.82) is 0 Å². The van der Waals surface area contributed by atoms with Gasteiger partial charge in [0.15, 0.2) is 11.5 Å². The Labute approximate surface area is 129 Å². The summed E-state index contributed by atoms with van der Waals surface area (Å²) < 4.78 is 17.0. The van der Waals surface area contributed by atoms with Gasteiger partial charge >= 0.3 is 0 Å². The number of hydrogen-bond acceptors (Lipinski definition) is 5. The van der Waals surface area contributed by atoms with Crippen molar-refractivity contribution in [2.45, 2.75) is 36.6 Å². The largest absolute Gasteiger partial charge is 0.454 e. The molecule has 3 aliphatic heterocycles. The SMILES string of the molecule is CO[C@H]1CN2Cc3cc4c(cc3[C@]13C=C[C@H](O)C[C@H]23)OCO4. The Bertz CT molecular complexity index is 673. The zero-order valence-electron chi connectivity index (χ0n) is 12.5. The highest BCUT2D eigenvalue weighted by molar-refractivity contribution is 5.56. The van der Waals surface area contributed by atoms with Crippen LogP contribution in [0.2, 0.25) is 0 Å². The van der Waals surface area contributed by atoms with Gasteiger partial charge in [-0.25, -0.2) is 0 Å². The van der Waals surface area contributed by atoms with Crippen LogP contribution in [0.25, 0.3) is 0 Å². The molecule has 22 heavy (non-hydrogen) atoms. The second kappa shape index (κ2) is 4.25. The molecule has 5 rings (SSSR count). The highest BCUT2D eigenvalue weighted by Crippen LogP contribution is 2.54. The molecular weight excluding hydrogens is 282 g/mol. The lowest BCUT2D eigenvalue weighted by molar-refractivity contribution is 0.0626. The molecule has 1 N–H and O–H groups in total. The molecular formula is C17H19NO4. The maximum atomic E-state index is 10.1. The summed E-state index contributed by atoms with van der Waals surface area (Å²) in [5, 5.41) is 10.1. The second-order valence-corrected chi connectivity index (χ2v) is 6.63. The van der Waals surface area contributed by atoms with Crippen LogP contribution in [-0.4, -0.2) is 48.7 Å². The molecule has 3 heterocycles. The lowest BCUT2D eigenvalue weighted by atomic mass is 9.65. The van der Waals surface area contributed by atoms with Crippen LogP contribution < -0.4 is 9.47 Å². The summed E-state index contributed by atoms with van der Waals surface area (Å²) in [5.74, 6) is 1.66. The molecule has 1 aromatic rings. The molecule has 0 radical (unpaired) electrons. The normalized spacial score (nSPS) is 40.5. The Morgan fingerprint density at radius 2 is 2.14 bits per heavy atom. The smallest absolute Gasteiger partial charge is 0.231 e. The maximum Gasteiger partial charge on any atom is 0.231 e. The first-order valence-corrected chi connectivity index (χ1v) is 7.79. The molecule has 1 fully saturated rings. The van der Waals surface area contributed by atoms with Gasteiger partial charge in [0.25, 0.3) is 0 Å². The predicted molar refractivity (Wildman–Crippen MR) is 79.0 cm³/mol. The van der Waals surface area contributed by atoms with Gasteiger partial charge in [-0.2, -0.15) is 0 Å². The van der Waals surface area contributed by atoms with Gasteiger partial charge in [-0.1, -0.05) is 12.2 Å². The van der Waals surface area contributed by atoms with E-state index in [0.717, 1.165) is 31.0 Å². The van der Waals surface area contributed by atoms with Crippen molar-refractivity contribution in [2.75, 3.05) is 20.4 Å². The minimum atomic E-state index is -0.369. The molecule has 0 saturated carbocycles. The standard InChI is InChI=1S/C17H19NO4/c1-20-16-8-18-7-10-4-13-14(22-9-21-13)6-12(10)17(16)3-2-11(19)5-15(17)18/h2-4,6,11,15-16,19H,5,7-9H2,1H3/t11-,15-,16-,17-/m0/s1. The molecule has 4 aliphatic rings. The van der Waals surface area contributed by atoms with E-state index in [1.54, 1.807) is 7.11 Å². The molecule has 5 nitrogen and oxygen atoms in total. The molecule has 5 heteroatoms. The summed E-state index contributed by atoms with van der Waals surface area (Å²) in [4.78, 5) is 2.44. The zero-order valence-corrected chi connectivity index (χ0v) is 12.5. The number of hydrogen-bond donors (Lipinski definition) is 1. The molecule has 116 valence electrons. The number of rotatable bonds is 1. The number of aliphatic hydroxyl groups excluding tert-OH is 1. The van der Waals surface area contributed by atoms with E-state index in [1.165, 1.54) is 11.1 Å². The van der Waals surface area contributed by atoms with Crippen molar-refractivity contribution < 1.29 is 19.3 Å². The van der Waals surface area contributed by atoms with Gasteiger partial charge < -0.3 is 19.3 Å². The monoisotopic (exact) mass is 301 g/mol. The van der Waals surface area contributed by atoms with Gasteiger partial charge in [0.05, 0.1) is 17.6 Å². The van der Waals surface area contributed by atoms with Gasteiger partial charge in [-0.3, -0.25) is 4.90 Å². The first-order chi connectivity index (χ1) is 10.7. The summed E-state index contributed by atoms with van der Waals surface area (Å²) in [6.07, 6.45) is 4.57. The van der Waals surface area contributed by atoms with E-state index in [2.05, 4.69) is 23.1 Å². The van der Waals surface area contributed by atoms with Crippen LogP contribution in [0, 0.1) is 0 Å². The fourth-order valence-corrected chi connectivity index (χ4v) is 4.77. The minimum Gasteiger partial charge on any atom is -0.454 e. The van der Waals surface area contributed by atoms with E-state index in [0.29, 0.717) is 6.79 Å². The van der Waals surface area contributed by atoms with Gasteiger partial charge in [0, 0.05) is 26.2 Å². The quantitative estimate of drug-likeness (QED) is 0.790. The fourth-order valence-electron chi connectivity index (χ4n) is 4.77. The topological polar surface area (TPSA) is 51.2 Å². The summed E-state index contributed by atoms with van der Waals surface area (Å²) >= 11 is 0. The Kier molecular flexibility index (Phi) is 2.50. The fraction of sp³-hybridized carbons (Fsp3) is 0.529. The number of methoxy groups -OCH3 is 1. The highest BCUT2D eigenvalue weighted by atomic mass is 16.7. The van der Waals surface area contributed by atoms with Crippen molar-refractivity contribution in [1.82, 2.24) is 4.90 Å². The van der Waals surface area contributed by atoms with E-state index in [1.807, 2.05) is 6.08 Å². The molecule has 1 aliphatic carbocycles. The maximum absolute atomic E-state index is 10.1. The van der Waals surface area contributed by atoms with Gasteiger partial charge in [-0.05, 0) is 29.7 Å². The minimum absolute atomic E-state index is 0.0999. The molecule has 1 aromatic carbocycles. The van der Waals surface area contributed by atoms with Crippen molar-refractivity contribution >= 4 is 0 Å². The molecule has 1 unspecified atom stereocenters. The van der Waals surface area contributed by atoms with Crippen LogP contribution in [0.4, 0.5) is 0 Å². The van der Waals surface area contributed by atoms with E-state index in [4.69, 9.17) is 14.2 Å². The first-order valence-electron chi connectivity index (χ1n) is 7.79. The lowest BCUT2D eigenvalue weighted by Crippen LogP contribution is -2.52. The molecule has 0 spiro atoms. The summed E-state index contributed by atoms with van der Waals surface area (Å²) in [6.45, 7) is 2.05. The van der Waals surface area contributed by atoms with E-state index < -0.39 is 0 Å². The van der Waals surface area contributed by atoms with Crippen LogP contribution in [0.3, 0.4) is 0 Å². The van der Waals surface area contributed by atoms with Crippen molar-refractivity contribution in [3.05, 3.63) is 35.4 Å². The number of aliphatic hydroxyl groups is 1. The summed E-state index contributed by atoms with van der Waals surface area (Å²) in [7, 11) is 1.78. The van der Waals surface area contributed by atoms with Crippen molar-refractivity contribution in [2.24, 2.45) is 0 Å². The summed E-state index contributed by atoms with van der Waals surface area (Å²) in [6, 6.07) is 4.52. The number of nitrogens with zero attached hydrogens (tertiary/aromatic N) is 1. The van der Waals surface area contributed by atoms with Crippen LogP contribution >= 0.6 is 0 Å². The van der Waals surface area contributed by atoms with Crippen LogP contribution in [0.1, 0.15) is 17.5 Å². The van der Waals surface area contributed by atoms with Crippen molar-refractivity contribution in [3.63, 3.8) is 0 Å². The van der Waals surface area contributed by atoms with Crippen LogP contribution in [-0.2, 0) is 16.7 Å². The second-order valence-electron chi connectivity index (χ2n) is 6.63. The zero-order chi connectivity index (χ0) is 14.9. The third-order valence-electron chi connectivity index (χ3n) is 5.71. The Morgan fingerprint density at radius 3 is 2.95 bits per heavy atom. The lowest BCUT2D eigenvalue weighted by Gasteiger charge is -2.46.